The van der Waals surface area contributed by atoms with E-state index in [4.69, 9.17) is 8.83 Å². The summed E-state index contributed by atoms with van der Waals surface area (Å²) in [5.74, 6) is 1.61. The van der Waals surface area contributed by atoms with Gasteiger partial charge in [0.25, 0.3) is 5.89 Å². The Labute approximate surface area is 153 Å². The minimum absolute atomic E-state index is 0.423. The van der Waals surface area contributed by atoms with Crippen LogP contribution in [0.3, 0.4) is 0 Å². The Morgan fingerprint density at radius 3 is 2.65 bits per heavy atom. The Kier molecular flexibility index (Phi) is 5.02. The Morgan fingerprint density at radius 1 is 1.00 bits per heavy atom. The van der Waals surface area contributed by atoms with E-state index in [9.17, 15) is 0 Å². The quantitative estimate of drug-likeness (QED) is 0.669. The summed E-state index contributed by atoms with van der Waals surface area (Å²) in [6.45, 7) is 3.74. The number of nitrogens with zero attached hydrogens (tertiary/aromatic N) is 4. The highest BCUT2D eigenvalue weighted by atomic mass is 16.4. The third-order valence-electron chi connectivity index (χ3n) is 4.73. The van der Waals surface area contributed by atoms with Gasteiger partial charge < -0.3 is 13.7 Å². The number of anilines is 1. The van der Waals surface area contributed by atoms with Crippen LogP contribution in [-0.4, -0.2) is 35.2 Å². The van der Waals surface area contributed by atoms with Gasteiger partial charge in [-0.3, -0.25) is 4.90 Å². The molecular weight excluding hydrogens is 328 g/mol. The molecule has 3 heterocycles. The average Bonchev–Trinajstić information content (AvgIpc) is 3.34. The van der Waals surface area contributed by atoms with Crippen LogP contribution < -0.4 is 4.90 Å². The zero-order valence-corrected chi connectivity index (χ0v) is 15.1. The molecule has 6 heteroatoms. The van der Waals surface area contributed by atoms with Crippen LogP contribution in [0.4, 0.5) is 5.69 Å². The molecule has 1 aliphatic rings. The van der Waals surface area contributed by atoms with Crippen LogP contribution in [0, 0.1) is 0 Å². The molecule has 1 saturated heterocycles. The largest absolute Gasteiger partial charge is 0.459 e. The number of rotatable bonds is 6. The van der Waals surface area contributed by atoms with E-state index in [1.54, 1.807) is 6.26 Å². The molecule has 1 fully saturated rings. The van der Waals surface area contributed by atoms with Crippen LogP contribution in [0.1, 0.15) is 30.7 Å². The molecule has 2 aromatic heterocycles. The van der Waals surface area contributed by atoms with Crippen molar-refractivity contribution in [2.75, 3.05) is 25.0 Å². The van der Waals surface area contributed by atoms with Crippen molar-refractivity contribution in [2.24, 2.45) is 0 Å². The molecule has 0 bridgehead atoms. The van der Waals surface area contributed by atoms with Crippen molar-refractivity contribution in [2.45, 2.75) is 32.4 Å². The van der Waals surface area contributed by atoms with Crippen LogP contribution in [-0.2, 0) is 13.1 Å². The first-order valence-corrected chi connectivity index (χ1v) is 9.17. The van der Waals surface area contributed by atoms with Crippen molar-refractivity contribution in [3.05, 3.63) is 54.1 Å². The summed E-state index contributed by atoms with van der Waals surface area (Å²) in [4.78, 5) is 4.70. The summed E-state index contributed by atoms with van der Waals surface area (Å²) >= 11 is 0. The summed E-state index contributed by atoms with van der Waals surface area (Å²) in [5.41, 5.74) is 2.68. The van der Waals surface area contributed by atoms with E-state index in [-0.39, 0.29) is 0 Å². The van der Waals surface area contributed by atoms with Crippen LogP contribution in [0.2, 0.25) is 0 Å². The Hall–Kier alpha value is -2.60. The molecule has 0 unspecified atom stereocenters. The number of furan rings is 1. The molecule has 0 aliphatic carbocycles. The van der Waals surface area contributed by atoms with Gasteiger partial charge in [0.2, 0.25) is 5.89 Å². The van der Waals surface area contributed by atoms with E-state index < -0.39 is 0 Å². The summed E-state index contributed by atoms with van der Waals surface area (Å²) in [6.07, 6.45) is 5.50. The number of piperidine rings is 1. The van der Waals surface area contributed by atoms with Gasteiger partial charge in [-0.15, -0.1) is 10.2 Å². The zero-order chi connectivity index (χ0) is 17.8. The smallest absolute Gasteiger partial charge is 0.283 e. The van der Waals surface area contributed by atoms with Gasteiger partial charge in [-0.05, 0) is 50.1 Å². The van der Waals surface area contributed by atoms with E-state index in [1.807, 2.05) is 12.1 Å². The third-order valence-corrected chi connectivity index (χ3v) is 4.73. The van der Waals surface area contributed by atoms with Gasteiger partial charge in [0.1, 0.15) is 0 Å². The van der Waals surface area contributed by atoms with Crippen LogP contribution in [0.25, 0.3) is 11.7 Å². The molecule has 26 heavy (non-hydrogen) atoms. The van der Waals surface area contributed by atoms with Crippen LogP contribution in [0.5, 0.6) is 0 Å². The Balaban J connectivity index is 1.43. The van der Waals surface area contributed by atoms with Crippen LogP contribution in [0.15, 0.2) is 51.5 Å². The number of benzene rings is 1. The van der Waals surface area contributed by atoms with Crippen LogP contribution >= 0.6 is 0 Å². The molecule has 6 nitrogen and oxygen atoms in total. The van der Waals surface area contributed by atoms with Gasteiger partial charge in [-0.25, -0.2) is 0 Å². The lowest BCUT2D eigenvalue weighted by Gasteiger charge is -2.31. The summed E-state index contributed by atoms with van der Waals surface area (Å²) < 4.78 is 11.0. The first kappa shape index (κ1) is 16.8. The second kappa shape index (κ2) is 7.74. The van der Waals surface area contributed by atoms with Gasteiger partial charge in [-0.2, -0.15) is 0 Å². The van der Waals surface area contributed by atoms with Gasteiger partial charge in [-0.1, -0.05) is 18.2 Å². The van der Waals surface area contributed by atoms with Crippen molar-refractivity contribution in [3.8, 4) is 11.7 Å². The molecule has 0 atom stereocenters. The first-order valence-electron chi connectivity index (χ1n) is 9.17. The van der Waals surface area contributed by atoms with Crippen molar-refractivity contribution >= 4 is 5.69 Å². The lowest BCUT2D eigenvalue weighted by atomic mass is 10.1. The lowest BCUT2D eigenvalue weighted by Crippen LogP contribution is -2.31. The number of hydrogen-bond acceptors (Lipinski definition) is 6. The van der Waals surface area contributed by atoms with Crippen molar-refractivity contribution in [1.82, 2.24) is 15.1 Å². The minimum Gasteiger partial charge on any atom is -0.459 e. The van der Waals surface area contributed by atoms with Gasteiger partial charge in [0, 0.05) is 25.3 Å². The molecule has 4 rings (SSSR count). The van der Waals surface area contributed by atoms with E-state index in [1.165, 1.54) is 30.5 Å². The highest BCUT2D eigenvalue weighted by Crippen LogP contribution is 2.25. The zero-order valence-electron chi connectivity index (χ0n) is 15.1. The second-order valence-electron chi connectivity index (χ2n) is 6.83. The number of aromatic nitrogens is 2. The van der Waals surface area contributed by atoms with E-state index >= 15 is 0 Å². The fraction of sp³-hybridized carbons (Fsp3) is 0.400. The molecule has 136 valence electrons. The second-order valence-corrected chi connectivity index (χ2v) is 6.83. The maximum Gasteiger partial charge on any atom is 0.283 e. The molecule has 1 aliphatic heterocycles. The topological polar surface area (TPSA) is 58.5 Å². The van der Waals surface area contributed by atoms with Gasteiger partial charge in [0.15, 0.2) is 5.76 Å². The van der Waals surface area contributed by atoms with E-state index in [2.05, 4.69) is 51.3 Å². The molecule has 3 aromatic rings. The molecule has 0 amide bonds. The molecular formula is C20H24N4O2. The molecule has 0 spiro atoms. The highest BCUT2D eigenvalue weighted by Gasteiger charge is 2.16. The molecule has 0 N–H and O–H groups in total. The fourth-order valence-electron chi connectivity index (χ4n) is 3.48. The number of hydrogen-bond donors (Lipinski definition) is 0. The van der Waals surface area contributed by atoms with E-state index in [0.29, 0.717) is 24.1 Å². The van der Waals surface area contributed by atoms with Crippen molar-refractivity contribution < 1.29 is 8.83 Å². The minimum atomic E-state index is 0.423. The standard InChI is InChI=1S/C20H24N4O2/c1-23(15-19-21-22-20(26-19)18-10-7-13-25-18)14-16-8-3-4-9-17(16)24-11-5-2-6-12-24/h3-4,7-10,13H,2,5-6,11-12,14-15H2,1H3. The normalized spacial score (nSPS) is 14.9. The van der Waals surface area contributed by atoms with E-state index in [0.717, 1.165) is 19.6 Å². The number of para-hydroxylation sites is 1. The SMILES string of the molecule is CN(Cc1nnc(-c2ccco2)o1)Cc1ccccc1N1CCCCC1. The monoisotopic (exact) mass is 352 g/mol. The average molecular weight is 352 g/mol. The third kappa shape index (κ3) is 3.80. The van der Waals surface area contributed by atoms with Crippen molar-refractivity contribution in [3.63, 3.8) is 0 Å². The summed E-state index contributed by atoms with van der Waals surface area (Å²) in [6, 6.07) is 12.3. The maximum absolute atomic E-state index is 5.71. The molecule has 0 radical (unpaired) electrons. The van der Waals surface area contributed by atoms with Crippen molar-refractivity contribution in [1.29, 1.82) is 0 Å². The predicted octanol–water partition coefficient (Wildman–Crippen LogP) is 3.95. The first-order chi connectivity index (χ1) is 12.8. The molecule has 0 saturated carbocycles. The summed E-state index contributed by atoms with van der Waals surface area (Å²) in [5, 5.41) is 8.20. The Morgan fingerprint density at radius 2 is 1.85 bits per heavy atom. The predicted molar refractivity (Wildman–Crippen MR) is 99.7 cm³/mol. The molecule has 1 aromatic carbocycles. The maximum atomic E-state index is 5.71. The summed E-state index contributed by atoms with van der Waals surface area (Å²) in [7, 11) is 2.07. The Bertz CT molecular complexity index is 822. The highest BCUT2D eigenvalue weighted by molar-refractivity contribution is 5.53. The van der Waals surface area contributed by atoms with Gasteiger partial charge in [0.05, 0.1) is 12.8 Å². The van der Waals surface area contributed by atoms with Gasteiger partial charge >= 0.3 is 0 Å². The fourth-order valence-corrected chi connectivity index (χ4v) is 3.48. The lowest BCUT2D eigenvalue weighted by molar-refractivity contribution is 0.282.